The molecule has 0 saturated carbocycles. The van der Waals surface area contributed by atoms with Crippen LogP contribution in [0.15, 0.2) is 121 Å². The first-order chi connectivity index (χ1) is 31.5. The summed E-state index contributed by atoms with van der Waals surface area (Å²) in [4.78, 5) is 18.3. The van der Waals surface area contributed by atoms with E-state index in [4.69, 9.17) is 54.6 Å². The van der Waals surface area contributed by atoms with Gasteiger partial charge in [0.05, 0.1) is 22.8 Å². The summed E-state index contributed by atoms with van der Waals surface area (Å²) in [6.45, 7) is 0.669. The number of aromatic nitrogens is 4. The summed E-state index contributed by atoms with van der Waals surface area (Å²) < 4.78 is 23.0. The number of rotatable bonds is 12. The zero-order valence-electron chi connectivity index (χ0n) is 34.5. The maximum absolute atomic E-state index is 5.75. The molecule has 0 spiro atoms. The van der Waals surface area contributed by atoms with E-state index in [2.05, 4.69) is 57.9 Å². The number of nitrogens with zero attached hydrogens (tertiary/aromatic N) is 2. The van der Waals surface area contributed by atoms with E-state index in [1.54, 1.807) is 0 Å². The second-order valence-electron chi connectivity index (χ2n) is 14.6. The van der Waals surface area contributed by atoms with Gasteiger partial charge in [-0.05, 0) is 119 Å². The van der Waals surface area contributed by atoms with Crippen LogP contribution in [0.2, 0.25) is 0 Å². The minimum Gasteiger partial charge on any atom is -0.481 e. The van der Waals surface area contributed by atoms with Crippen LogP contribution in [0.25, 0.3) is 90.9 Å². The molecule has 0 amide bonds. The minimum absolute atomic E-state index is 0.164. The Bertz CT molecular complexity index is 3130. The second kappa shape index (κ2) is 18.3. The van der Waals surface area contributed by atoms with Crippen LogP contribution in [0.3, 0.4) is 0 Å². The second-order valence-corrected chi connectivity index (χ2v) is 14.6. The first-order valence-corrected chi connectivity index (χ1v) is 20.4. The summed E-state index contributed by atoms with van der Waals surface area (Å²) in [7, 11) is 0. The molecule has 0 unspecified atom stereocenters. The van der Waals surface area contributed by atoms with E-state index >= 15 is 0 Å². The van der Waals surface area contributed by atoms with Gasteiger partial charge in [0.1, 0.15) is 49.4 Å². The van der Waals surface area contributed by atoms with Gasteiger partial charge in [-0.3, -0.25) is 0 Å². The fourth-order valence-corrected chi connectivity index (χ4v) is 7.79. The van der Waals surface area contributed by atoms with Crippen LogP contribution < -0.4 is 18.9 Å². The van der Waals surface area contributed by atoms with Gasteiger partial charge in [-0.25, -0.2) is 9.97 Å². The van der Waals surface area contributed by atoms with E-state index in [0.717, 1.165) is 89.4 Å². The van der Waals surface area contributed by atoms with Crippen molar-refractivity contribution in [2.24, 2.45) is 0 Å². The topological polar surface area (TPSA) is 94.3 Å². The van der Waals surface area contributed by atoms with Crippen molar-refractivity contribution in [1.82, 2.24) is 19.9 Å². The highest BCUT2D eigenvalue weighted by atomic mass is 16.5. The van der Waals surface area contributed by atoms with Crippen molar-refractivity contribution in [2.45, 2.75) is 0 Å². The first kappa shape index (κ1) is 40.3. The molecule has 2 aliphatic rings. The first-order valence-electron chi connectivity index (χ1n) is 20.4. The molecule has 0 fully saturated rings. The molecule has 9 rings (SSSR count). The van der Waals surface area contributed by atoms with Gasteiger partial charge in [-0.2, -0.15) is 0 Å². The number of ether oxygens (including phenoxy) is 4. The zero-order valence-corrected chi connectivity index (χ0v) is 34.5. The van der Waals surface area contributed by atoms with Gasteiger partial charge in [-0.15, -0.1) is 25.7 Å². The van der Waals surface area contributed by atoms with Crippen molar-refractivity contribution < 1.29 is 18.9 Å². The Morgan fingerprint density at radius 1 is 0.328 bits per heavy atom. The van der Waals surface area contributed by atoms with Gasteiger partial charge in [0.15, 0.2) is 0 Å². The Morgan fingerprint density at radius 2 is 0.578 bits per heavy atom. The lowest BCUT2D eigenvalue weighted by Gasteiger charge is -2.09. The SMILES string of the molecule is C#CCOc1ccc(-c2c3nc(c(-c4ccc(OCC#C)cc4)c4ccc([nH]4)c(-c4ccc(OCC#C)cc4)c4ccc([nH]4)c(-c4ccc(OCC#C)cc4)c4nc2C=C4)C=C3)cc1. The standard InChI is InChI=1S/C56H38N4O4/c1-5-33-61-41-17-9-37(10-18-41)53-45-25-27-47(57-45)54(38-11-19-42(20-12-38)62-34-6-2)49-29-31-51(59-49)56(40-15-23-44(24-16-40)64-36-8-4)52-32-30-50(60-52)55(48-28-26-46(53)58-48)39-13-21-43(22-14-39)63-35-7-3/h1-4,9-32,57-58H,33-36H2. The van der Waals surface area contributed by atoms with Crippen molar-refractivity contribution in [3.8, 4) is 117 Å². The van der Waals surface area contributed by atoms with Crippen LogP contribution >= 0.6 is 0 Å². The largest absolute Gasteiger partial charge is 0.481 e. The lowest BCUT2D eigenvalue weighted by molar-refractivity contribution is 0.370. The van der Waals surface area contributed by atoms with Crippen molar-refractivity contribution in [3.05, 3.63) is 144 Å². The number of H-pyrrole nitrogens is 2. The van der Waals surface area contributed by atoms with Gasteiger partial charge in [0, 0.05) is 44.3 Å². The molecule has 5 heterocycles. The Balaban J connectivity index is 1.37. The molecule has 0 saturated heterocycles. The summed E-state index contributed by atoms with van der Waals surface area (Å²) in [6.07, 6.45) is 30.1. The van der Waals surface area contributed by atoms with Crippen molar-refractivity contribution in [2.75, 3.05) is 26.4 Å². The minimum atomic E-state index is 0.164. The third-order valence-corrected chi connectivity index (χ3v) is 10.6. The van der Waals surface area contributed by atoms with Crippen LogP contribution in [-0.4, -0.2) is 46.4 Å². The lowest BCUT2D eigenvalue weighted by atomic mass is 10.0. The van der Waals surface area contributed by atoms with Crippen molar-refractivity contribution in [3.63, 3.8) is 0 Å². The molecule has 0 aliphatic carbocycles. The number of nitrogens with one attached hydrogen (secondary N) is 2. The van der Waals surface area contributed by atoms with Crippen molar-refractivity contribution >= 4 is 46.4 Å². The Hall–Kier alpha value is -9.08. The molecule has 64 heavy (non-hydrogen) atoms. The van der Waals surface area contributed by atoms with E-state index < -0.39 is 0 Å². The fraction of sp³-hybridized carbons (Fsp3) is 0.0714. The third-order valence-electron chi connectivity index (χ3n) is 10.6. The Kier molecular flexibility index (Phi) is 11.5. The average Bonchev–Trinajstić information content (AvgIpc) is 4.19. The van der Waals surface area contributed by atoms with Crippen molar-refractivity contribution in [1.29, 1.82) is 0 Å². The molecular weight excluding hydrogens is 793 g/mol. The number of aromatic amines is 2. The molecule has 8 heteroatoms. The summed E-state index contributed by atoms with van der Waals surface area (Å²) in [5, 5.41) is 0. The summed E-state index contributed by atoms with van der Waals surface area (Å²) in [6, 6.07) is 39.8. The predicted octanol–water partition coefficient (Wildman–Crippen LogP) is 11.4. The Labute approximate surface area is 371 Å². The zero-order chi connectivity index (χ0) is 43.8. The monoisotopic (exact) mass is 830 g/mol. The molecular formula is C56H38N4O4. The summed E-state index contributed by atoms with van der Waals surface area (Å²) in [5.74, 6) is 12.8. The van der Waals surface area contributed by atoms with Crippen LogP contribution in [0.1, 0.15) is 22.8 Å². The molecule has 306 valence electrons. The fourth-order valence-electron chi connectivity index (χ4n) is 7.79. The van der Waals surface area contributed by atoms with Crippen LogP contribution in [0, 0.1) is 49.4 Å². The van der Waals surface area contributed by atoms with Gasteiger partial charge < -0.3 is 28.9 Å². The van der Waals surface area contributed by atoms with Crippen LogP contribution in [0.4, 0.5) is 0 Å². The van der Waals surface area contributed by atoms with E-state index in [0.29, 0.717) is 23.0 Å². The van der Waals surface area contributed by atoms with Gasteiger partial charge in [0.2, 0.25) is 0 Å². The predicted molar refractivity (Wildman–Crippen MR) is 258 cm³/mol. The molecule has 2 N–H and O–H groups in total. The van der Waals surface area contributed by atoms with Crippen LogP contribution in [0.5, 0.6) is 23.0 Å². The Morgan fingerprint density at radius 3 is 0.875 bits per heavy atom. The highest BCUT2D eigenvalue weighted by Crippen LogP contribution is 2.39. The number of benzene rings is 4. The third kappa shape index (κ3) is 8.32. The molecule has 0 radical (unpaired) electrons. The maximum atomic E-state index is 5.75. The smallest absolute Gasteiger partial charge is 0.148 e. The normalized spacial score (nSPS) is 11.2. The average molecular weight is 831 g/mol. The quantitative estimate of drug-likeness (QED) is 0.119. The molecule has 2 aliphatic heterocycles. The number of fused-ring (bicyclic) bond motifs is 8. The van der Waals surface area contributed by atoms with Crippen LogP contribution in [-0.2, 0) is 0 Å². The molecule has 8 nitrogen and oxygen atoms in total. The van der Waals surface area contributed by atoms with E-state index in [1.165, 1.54) is 0 Å². The number of hydrogen-bond donors (Lipinski definition) is 2. The van der Waals surface area contributed by atoms with E-state index in [-0.39, 0.29) is 26.4 Å². The highest BCUT2D eigenvalue weighted by Gasteiger charge is 2.20. The highest BCUT2D eigenvalue weighted by molar-refractivity contribution is 6.00. The molecule has 0 atom stereocenters. The maximum Gasteiger partial charge on any atom is 0.148 e. The number of terminal acetylenes is 4. The van der Waals surface area contributed by atoms with E-state index in [1.807, 2.05) is 121 Å². The van der Waals surface area contributed by atoms with Gasteiger partial charge >= 0.3 is 0 Å². The molecule has 8 bridgehead atoms. The molecule has 7 aromatic rings. The van der Waals surface area contributed by atoms with Gasteiger partial charge in [0.25, 0.3) is 0 Å². The lowest BCUT2D eigenvalue weighted by Crippen LogP contribution is -1.94. The summed E-state index contributed by atoms with van der Waals surface area (Å²) in [5.41, 5.74) is 13.7. The number of hydrogen-bond acceptors (Lipinski definition) is 6. The van der Waals surface area contributed by atoms with Gasteiger partial charge in [-0.1, -0.05) is 72.2 Å². The molecule has 4 aromatic carbocycles. The molecule has 3 aromatic heterocycles. The summed E-state index contributed by atoms with van der Waals surface area (Å²) >= 11 is 0. The van der Waals surface area contributed by atoms with E-state index in [9.17, 15) is 0 Å².